The van der Waals surface area contributed by atoms with E-state index >= 15 is 0 Å². The molecule has 0 saturated carbocycles. The van der Waals surface area contributed by atoms with Crippen LogP contribution in [0.25, 0.3) is 0 Å². The number of hydrogen-bond donors (Lipinski definition) is 1. The summed E-state index contributed by atoms with van der Waals surface area (Å²) in [4.78, 5) is 0. The highest BCUT2D eigenvalue weighted by molar-refractivity contribution is 7.95. The van der Waals surface area contributed by atoms with Crippen LogP contribution in [0.15, 0.2) is 91.0 Å². The number of hydrogen-bond acceptors (Lipinski definition) is 2. The van der Waals surface area contributed by atoms with Crippen LogP contribution in [-0.2, 0) is 4.74 Å². The molecule has 0 aliphatic heterocycles. The minimum absolute atomic E-state index is 0. The Bertz CT molecular complexity index is 668. The number of aliphatic hydroxyl groups is 1. The SMILES string of the molecule is CC[P+](c1ccccc1)(c1ccccc1)c1ccccc1.COCC(C)O.[Br-]. The fraction of sp³-hybridized carbons (Fsp3) is 0.250. The Kier molecular flexibility index (Phi) is 11.3. The van der Waals surface area contributed by atoms with Gasteiger partial charge in [0.25, 0.3) is 0 Å². The molecular weight excluding hydrogens is 431 g/mol. The number of ether oxygens (including phenoxy) is 1. The molecule has 0 amide bonds. The van der Waals surface area contributed by atoms with Gasteiger partial charge in [-0.2, -0.15) is 0 Å². The lowest BCUT2D eigenvalue weighted by atomic mass is 10.4. The summed E-state index contributed by atoms with van der Waals surface area (Å²) in [7, 11) is 0.0281. The molecule has 3 aromatic carbocycles. The Hall–Kier alpha value is -1.51. The van der Waals surface area contributed by atoms with Crippen LogP contribution in [0, 0.1) is 0 Å². The summed E-state index contributed by atoms with van der Waals surface area (Å²) < 4.78 is 4.55. The minimum Gasteiger partial charge on any atom is -1.00 e. The molecule has 0 spiro atoms. The van der Waals surface area contributed by atoms with Gasteiger partial charge in [0.05, 0.1) is 18.9 Å². The lowest BCUT2D eigenvalue weighted by Crippen LogP contribution is -3.00. The van der Waals surface area contributed by atoms with Gasteiger partial charge in [-0.1, -0.05) is 54.6 Å². The fourth-order valence-corrected chi connectivity index (χ4v) is 7.32. The van der Waals surface area contributed by atoms with Crippen LogP contribution in [0.3, 0.4) is 0 Å². The first-order valence-corrected chi connectivity index (χ1v) is 11.3. The predicted octanol–water partition coefficient (Wildman–Crippen LogP) is 1.02. The van der Waals surface area contributed by atoms with Crippen molar-refractivity contribution >= 4 is 23.2 Å². The molecule has 4 heteroatoms. The first-order valence-electron chi connectivity index (χ1n) is 9.37. The topological polar surface area (TPSA) is 29.5 Å². The van der Waals surface area contributed by atoms with Crippen LogP contribution in [0.4, 0.5) is 0 Å². The van der Waals surface area contributed by atoms with Gasteiger partial charge in [-0.25, -0.2) is 0 Å². The molecule has 150 valence electrons. The highest BCUT2D eigenvalue weighted by atomic mass is 79.9. The highest BCUT2D eigenvalue weighted by Gasteiger charge is 2.43. The van der Waals surface area contributed by atoms with Crippen LogP contribution in [-0.4, -0.2) is 31.1 Å². The van der Waals surface area contributed by atoms with Crippen molar-refractivity contribution in [2.24, 2.45) is 0 Å². The summed E-state index contributed by atoms with van der Waals surface area (Å²) >= 11 is 0. The summed E-state index contributed by atoms with van der Waals surface area (Å²) in [5, 5.41) is 12.8. The summed E-state index contributed by atoms with van der Waals surface area (Å²) in [6.07, 6.45) is 0.820. The second-order valence-electron chi connectivity index (χ2n) is 6.44. The molecule has 1 N–H and O–H groups in total. The number of methoxy groups -OCH3 is 1. The second-order valence-corrected chi connectivity index (χ2v) is 10.2. The van der Waals surface area contributed by atoms with Crippen LogP contribution < -0.4 is 32.9 Å². The van der Waals surface area contributed by atoms with Gasteiger partial charge >= 0.3 is 0 Å². The Morgan fingerprint density at radius 2 is 1.07 bits per heavy atom. The summed E-state index contributed by atoms with van der Waals surface area (Å²) in [5.41, 5.74) is 0. The summed E-state index contributed by atoms with van der Waals surface area (Å²) in [5.74, 6) is 0. The van der Waals surface area contributed by atoms with Crippen molar-refractivity contribution in [2.45, 2.75) is 20.0 Å². The largest absolute Gasteiger partial charge is 1.00 e. The third-order valence-corrected chi connectivity index (χ3v) is 8.96. The number of benzene rings is 3. The first-order chi connectivity index (χ1) is 13.1. The smallest absolute Gasteiger partial charge is 0.111 e. The molecule has 0 bridgehead atoms. The quantitative estimate of drug-likeness (QED) is 0.556. The Labute approximate surface area is 180 Å². The van der Waals surface area contributed by atoms with Gasteiger partial charge in [-0.05, 0) is 50.2 Å². The second kappa shape index (κ2) is 12.9. The van der Waals surface area contributed by atoms with E-state index in [0.29, 0.717) is 6.61 Å². The van der Waals surface area contributed by atoms with Crippen LogP contribution >= 0.6 is 7.26 Å². The van der Waals surface area contributed by atoms with Gasteiger partial charge in [-0.15, -0.1) is 0 Å². The van der Waals surface area contributed by atoms with E-state index < -0.39 is 7.26 Å². The van der Waals surface area contributed by atoms with Gasteiger partial charge in [0.15, 0.2) is 0 Å². The van der Waals surface area contributed by atoms with Crippen molar-refractivity contribution in [3.05, 3.63) is 91.0 Å². The molecule has 2 nitrogen and oxygen atoms in total. The van der Waals surface area contributed by atoms with Crippen molar-refractivity contribution in [3.8, 4) is 0 Å². The van der Waals surface area contributed by atoms with E-state index in [0.717, 1.165) is 6.16 Å². The minimum atomic E-state index is -1.53. The third-order valence-electron chi connectivity index (χ3n) is 4.47. The molecular formula is C24H30BrO2P. The molecule has 0 aromatic heterocycles. The maximum Gasteiger partial charge on any atom is 0.111 e. The van der Waals surface area contributed by atoms with E-state index in [2.05, 4.69) is 103 Å². The summed E-state index contributed by atoms with van der Waals surface area (Å²) in [6.45, 7) is 4.43. The monoisotopic (exact) mass is 460 g/mol. The zero-order chi connectivity index (χ0) is 19.5. The molecule has 0 fully saturated rings. The predicted molar refractivity (Wildman–Crippen MR) is 119 cm³/mol. The van der Waals surface area contributed by atoms with Gasteiger partial charge in [-0.3, -0.25) is 0 Å². The van der Waals surface area contributed by atoms with Gasteiger partial charge in [0.2, 0.25) is 0 Å². The Balaban J connectivity index is 0.000000492. The van der Waals surface area contributed by atoms with Crippen LogP contribution in [0.2, 0.25) is 0 Å². The van der Waals surface area contributed by atoms with Crippen molar-refractivity contribution in [1.82, 2.24) is 0 Å². The fourth-order valence-electron chi connectivity index (χ4n) is 3.28. The normalized spacial score (nSPS) is 11.6. The number of aliphatic hydroxyl groups excluding tert-OH is 1. The average molecular weight is 461 g/mol. The van der Waals surface area contributed by atoms with Gasteiger partial charge in [0.1, 0.15) is 23.2 Å². The molecule has 1 atom stereocenters. The third kappa shape index (κ3) is 6.25. The van der Waals surface area contributed by atoms with Crippen molar-refractivity contribution in [1.29, 1.82) is 0 Å². The van der Waals surface area contributed by atoms with Crippen LogP contribution in [0.1, 0.15) is 13.8 Å². The van der Waals surface area contributed by atoms with E-state index in [-0.39, 0.29) is 23.1 Å². The van der Waals surface area contributed by atoms with E-state index in [1.165, 1.54) is 15.9 Å². The van der Waals surface area contributed by atoms with E-state index in [4.69, 9.17) is 5.11 Å². The van der Waals surface area contributed by atoms with Crippen molar-refractivity contribution < 1.29 is 26.8 Å². The lowest BCUT2D eigenvalue weighted by molar-refractivity contribution is -0.00000786. The molecule has 1 unspecified atom stereocenters. The van der Waals surface area contributed by atoms with Gasteiger partial charge in [0, 0.05) is 7.11 Å². The zero-order valence-electron chi connectivity index (χ0n) is 16.8. The maximum absolute atomic E-state index is 8.43. The molecule has 28 heavy (non-hydrogen) atoms. The molecule has 0 aliphatic rings. The lowest BCUT2D eigenvalue weighted by Gasteiger charge is -2.26. The van der Waals surface area contributed by atoms with Gasteiger partial charge < -0.3 is 26.8 Å². The molecule has 3 aromatic rings. The number of halogens is 1. The Morgan fingerprint density at radius 3 is 1.25 bits per heavy atom. The maximum atomic E-state index is 8.43. The van der Waals surface area contributed by atoms with E-state index in [9.17, 15) is 0 Å². The molecule has 0 radical (unpaired) electrons. The van der Waals surface area contributed by atoms with Crippen molar-refractivity contribution in [3.63, 3.8) is 0 Å². The molecule has 0 heterocycles. The standard InChI is InChI=1S/C20H20P.C4H10O2.BrH/c1-2-21(18-12-6-3-7-13-18,19-14-8-4-9-15-19)20-16-10-5-11-17-20;1-4(5)3-6-2;/h3-17H,2H2,1H3;4-5H,3H2,1-2H3;1H/q+1;;/p-1. The summed E-state index contributed by atoms with van der Waals surface area (Å²) in [6, 6.07) is 33.0. The van der Waals surface area contributed by atoms with Crippen molar-refractivity contribution in [2.75, 3.05) is 19.9 Å². The molecule has 3 rings (SSSR count). The van der Waals surface area contributed by atoms with E-state index in [1.807, 2.05) is 0 Å². The average Bonchev–Trinajstić information content (AvgIpc) is 2.72. The highest BCUT2D eigenvalue weighted by Crippen LogP contribution is 2.54. The van der Waals surface area contributed by atoms with Crippen LogP contribution in [0.5, 0.6) is 0 Å². The number of rotatable bonds is 6. The first kappa shape index (κ1) is 24.5. The van der Waals surface area contributed by atoms with E-state index in [1.54, 1.807) is 14.0 Å². The molecule has 0 saturated heterocycles. The Morgan fingerprint density at radius 1 is 0.750 bits per heavy atom. The zero-order valence-corrected chi connectivity index (χ0v) is 19.3. The molecule has 0 aliphatic carbocycles.